The minimum atomic E-state index is -2.10. The molecular formula is C8H5ClF2O. The van der Waals surface area contributed by atoms with Crippen molar-refractivity contribution < 1.29 is 13.6 Å². The van der Waals surface area contributed by atoms with E-state index in [1.165, 1.54) is 12.1 Å². The van der Waals surface area contributed by atoms with Crippen LogP contribution in [0.5, 0.6) is 0 Å². The number of hydrogen-bond donors (Lipinski definition) is 0. The fourth-order valence-corrected chi connectivity index (χ4v) is 0.894. The summed E-state index contributed by atoms with van der Waals surface area (Å²) in [5, 5.41) is 0. The molecule has 0 radical (unpaired) electrons. The zero-order valence-electron chi connectivity index (χ0n) is 5.93. The highest BCUT2D eigenvalue weighted by atomic mass is 35.5. The predicted molar refractivity (Wildman–Crippen MR) is 41.5 cm³/mol. The lowest BCUT2D eigenvalue weighted by Gasteiger charge is -1.98. The summed E-state index contributed by atoms with van der Waals surface area (Å²) in [6, 6.07) is 4.73. The van der Waals surface area contributed by atoms with Crippen LogP contribution < -0.4 is 0 Å². The maximum absolute atomic E-state index is 12.5. The standard InChI is InChI=1S/C8H5ClF2O/c9-8(11)7(12)5-2-1-3-6(10)4-5/h1-4,8H. The zero-order valence-corrected chi connectivity index (χ0v) is 6.68. The summed E-state index contributed by atoms with van der Waals surface area (Å²) in [4.78, 5) is 10.8. The van der Waals surface area contributed by atoms with Crippen molar-refractivity contribution >= 4 is 17.4 Å². The lowest BCUT2D eigenvalue weighted by Crippen LogP contribution is -2.08. The molecule has 4 heteroatoms. The largest absolute Gasteiger partial charge is 0.289 e. The molecule has 0 aliphatic rings. The molecule has 0 saturated heterocycles. The first kappa shape index (κ1) is 9.13. The summed E-state index contributed by atoms with van der Waals surface area (Å²) in [5.41, 5.74) is -2.16. The van der Waals surface area contributed by atoms with E-state index in [-0.39, 0.29) is 5.56 Å². The maximum Gasteiger partial charge on any atom is 0.235 e. The van der Waals surface area contributed by atoms with Crippen LogP contribution in [0.15, 0.2) is 24.3 Å². The molecule has 0 aromatic heterocycles. The topological polar surface area (TPSA) is 17.1 Å². The van der Waals surface area contributed by atoms with E-state index in [9.17, 15) is 13.6 Å². The van der Waals surface area contributed by atoms with Gasteiger partial charge in [0.2, 0.25) is 11.4 Å². The van der Waals surface area contributed by atoms with Crippen molar-refractivity contribution in [1.29, 1.82) is 0 Å². The molecule has 0 N–H and O–H groups in total. The predicted octanol–water partition coefficient (Wildman–Crippen LogP) is 2.54. The van der Waals surface area contributed by atoms with Gasteiger partial charge in [-0.3, -0.25) is 4.79 Å². The summed E-state index contributed by atoms with van der Waals surface area (Å²) < 4.78 is 24.7. The van der Waals surface area contributed by atoms with E-state index < -0.39 is 17.2 Å². The second kappa shape index (κ2) is 3.63. The van der Waals surface area contributed by atoms with Crippen molar-refractivity contribution in [2.24, 2.45) is 0 Å². The summed E-state index contributed by atoms with van der Waals surface area (Å²) in [5.74, 6) is -1.51. The Morgan fingerprint density at radius 3 is 2.67 bits per heavy atom. The minimum Gasteiger partial charge on any atom is -0.289 e. The third-order valence-corrected chi connectivity index (χ3v) is 1.51. The second-order valence-electron chi connectivity index (χ2n) is 2.18. The SMILES string of the molecule is O=C(c1cccc(F)c1)C(F)Cl. The van der Waals surface area contributed by atoms with Gasteiger partial charge >= 0.3 is 0 Å². The van der Waals surface area contributed by atoms with Gasteiger partial charge in [0, 0.05) is 5.56 Å². The second-order valence-corrected chi connectivity index (χ2v) is 2.56. The minimum absolute atomic E-state index is 0.0579. The van der Waals surface area contributed by atoms with E-state index >= 15 is 0 Å². The van der Waals surface area contributed by atoms with Crippen molar-refractivity contribution in [1.82, 2.24) is 0 Å². The van der Waals surface area contributed by atoms with Crippen LogP contribution in [0.2, 0.25) is 0 Å². The van der Waals surface area contributed by atoms with Gasteiger partial charge < -0.3 is 0 Å². The molecule has 1 aromatic carbocycles. The average molecular weight is 191 g/mol. The number of benzene rings is 1. The van der Waals surface area contributed by atoms with Gasteiger partial charge in [-0.2, -0.15) is 0 Å². The van der Waals surface area contributed by atoms with Gasteiger partial charge in [-0.15, -0.1) is 0 Å². The molecule has 0 bridgehead atoms. The van der Waals surface area contributed by atoms with Crippen LogP contribution in [0, 0.1) is 5.82 Å². The highest BCUT2D eigenvalue weighted by molar-refractivity contribution is 6.32. The van der Waals surface area contributed by atoms with Crippen LogP contribution in [0.4, 0.5) is 8.78 Å². The van der Waals surface area contributed by atoms with Crippen LogP contribution in [0.3, 0.4) is 0 Å². The normalized spacial score (nSPS) is 12.6. The highest BCUT2D eigenvalue weighted by Gasteiger charge is 2.15. The third-order valence-electron chi connectivity index (χ3n) is 1.31. The van der Waals surface area contributed by atoms with Crippen LogP contribution in [0.1, 0.15) is 10.4 Å². The zero-order chi connectivity index (χ0) is 9.14. The molecule has 0 aliphatic heterocycles. The van der Waals surface area contributed by atoms with Gasteiger partial charge in [0.1, 0.15) is 5.82 Å². The molecule has 0 heterocycles. The maximum atomic E-state index is 12.5. The molecule has 1 nitrogen and oxygen atoms in total. The van der Waals surface area contributed by atoms with E-state index in [1.807, 2.05) is 0 Å². The molecule has 1 atom stereocenters. The van der Waals surface area contributed by atoms with E-state index in [2.05, 4.69) is 0 Å². The van der Waals surface area contributed by atoms with E-state index in [0.29, 0.717) is 0 Å². The molecule has 0 amide bonds. The molecule has 0 spiro atoms. The monoisotopic (exact) mass is 190 g/mol. The Bertz CT molecular complexity index is 299. The molecule has 1 unspecified atom stereocenters. The Hall–Kier alpha value is -0.960. The van der Waals surface area contributed by atoms with Crippen molar-refractivity contribution in [3.05, 3.63) is 35.6 Å². The molecule has 0 saturated carbocycles. The Morgan fingerprint density at radius 2 is 2.17 bits per heavy atom. The highest BCUT2D eigenvalue weighted by Crippen LogP contribution is 2.10. The number of carbonyl (C=O) groups is 1. The molecule has 0 fully saturated rings. The quantitative estimate of drug-likeness (QED) is 0.518. The van der Waals surface area contributed by atoms with E-state index in [4.69, 9.17) is 11.6 Å². The first-order valence-corrected chi connectivity index (χ1v) is 3.63. The van der Waals surface area contributed by atoms with E-state index in [0.717, 1.165) is 12.1 Å². The number of Topliss-reactive ketones (excluding diaryl/α,β-unsaturated/α-hetero) is 1. The Kier molecular flexibility index (Phi) is 2.76. The van der Waals surface area contributed by atoms with Crippen LogP contribution in [-0.2, 0) is 0 Å². The fraction of sp³-hybridized carbons (Fsp3) is 0.125. The summed E-state index contributed by atoms with van der Waals surface area (Å²) in [6.07, 6.45) is 0. The van der Waals surface area contributed by atoms with Gasteiger partial charge in [-0.25, -0.2) is 8.78 Å². The Labute approximate surface area is 73.0 Å². The lowest BCUT2D eigenvalue weighted by molar-refractivity contribution is 0.0934. The number of hydrogen-bond acceptors (Lipinski definition) is 1. The molecule has 12 heavy (non-hydrogen) atoms. The molecule has 1 aromatic rings. The van der Waals surface area contributed by atoms with Crippen LogP contribution in [0.25, 0.3) is 0 Å². The van der Waals surface area contributed by atoms with Crippen molar-refractivity contribution in [3.8, 4) is 0 Å². The van der Waals surface area contributed by atoms with Gasteiger partial charge in [-0.1, -0.05) is 23.7 Å². The molecule has 1 rings (SSSR count). The average Bonchev–Trinajstić information content (AvgIpc) is 2.03. The van der Waals surface area contributed by atoms with E-state index in [1.54, 1.807) is 0 Å². The fourth-order valence-electron chi connectivity index (χ4n) is 0.768. The van der Waals surface area contributed by atoms with Crippen molar-refractivity contribution in [2.75, 3.05) is 0 Å². The first-order valence-electron chi connectivity index (χ1n) is 3.19. The Balaban J connectivity index is 2.96. The number of ketones is 1. The smallest absolute Gasteiger partial charge is 0.235 e. The number of halogens is 3. The van der Waals surface area contributed by atoms with Crippen LogP contribution >= 0.6 is 11.6 Å². The van der Waals surface area contributed by atoms with Gasteiger partial charge in [0.15, 0.2) is 0 Å². The lowest BCUT2D eigenvalue weighted by atomic mass is 10.1. The van der Waals surface area contributed by atoms with Crippen LogP contribution in [-0.4, -0.2) is 11.4 Å². The van der Waals surface area contributed by atoms with Gasteiger partial charge in [0.05, 0.1) is 0 Å². The van der Waals surface area contributed by atoms with Gasteiger partial charge in [-0.05, 0) is 12.1 Å². The summed E-state index contributed by atoms with van der Waals surface area (Å²) in [6.45, 7) is 0. The van der Waals surface area contributed by atoms with Crippen molar-refractivity contribution in [3.63, 3.8) is 0 Å². The number of alkyl halides is 2. The number of rotatable bonds is 2. The third kappa shape index (κ3) is 2.01. The molecule has 64 valence electrons. The summed E-state index contributed by atoms with van der Waals surface area (Å²) >= 11 is 4.88. The first-order chi connectivity index (χ1) is 5.61. The number of carbonyl (C=O) groups excluding carboxylic acids is 1. The molecular weight excluding hydrogens is 186 g/mol. The van der Waals surface area contributed by atoms with Crippen molar-refractivity contribution in [2.45, 2.75) is 5.63 Å². The Morgan fingerprint density at radius 1 is 1.50 bits per heavy atom. The van der Waals surface area contributed by atoms with Gasteiger partial charge in [0.25, 0.3) is 0 Å². The molecule has 0 aliphatic carbocycles. The summed E-state index contributed by atoms with van der Waals surface area (Å²) in [7, 11) is 0.